The molecule has 0 spiro atoms. The smallest absolute Gasteiger partial charge is 0.171 e. The summed E-state index contributed by atoms with van der Waals surface area (Å²) in [4.78, 5) is 11.7. The van der Waals surface area contributed by atoms with Crippen LogP contribution in [0.25, 0.3) is 0 Å². The third-order valence-corrected chi connectivity index (χ3v) is 2.20. The molecule has 76 valence electrons. The molecule has 4 nitrogen and oxygen atoms in total. The second-order valence-electron chi connectivity index (χ2n) is 3.27. The fraction of sp³-hybridized carbons (Fsp3) is 0.500. The summed E-state index contributed by atoms with van der Waals surface area (Å²) >= 11 is 0. The minimum Gasteiger partial charge on any atom is -0.472 e. The SMILES string of the molecule is Cc1cocc1C(=O)CC1OCCO1. The molecule has 0 radical (unpaired) electrons. The summed E-state index contributed by atoms with van der Waals surface area (Å²) < 4.78 is 15.3. The van der Waals surface area contributed by atoms with Gasteiger partial charge < -0.3 is 13.9 Å². The van der Waals surface area contributed by atoms with E-state index in [1.54, 1.807) is 6.26 Å². The van der Waals surface area contributed by atoms with Crippen LogP contribution >= 0.6 is 0 Å². The van der Waals surface area contributed by atoms with Crippen LogP contribution in [-0.2, 0) is 9.47 Å². The Balaban J connectivity index is 1.98. The molecule has 0 saturated carbocycles. The van der Waals surface area contributed by atoms with Crippen LogP contribution in [0.5, 0.6) is 0 Å². The number of Topliss-reactive ketones (excluding diaryl/α,β-unsaturated/α-hetero) is 1. The Labute approximate surface area is 81.8 Å². The number of aryl methyl sites for hydroxylation is 1. The van der Waals surface area contributed by atoms with Gasteiger partial charge in [-0.2, -0.15) is 0 Å². The number of carbonyl (C=O) groups excluding carboxylic acids is 1. The van der Waals surface area contributed by atoms with Crippen LogP contribution in [0.1, 0.15) is 22.3 Å². The topological polar surface area (TPSA) is 48.7 Å². The van der Waals surface area contributed by atoms with Crippen molar-refractivity contribution in [2.24, 2.45) is 0 Å². The molecule has 0 amide bonds. The minimum atomic E-state index is -0.378. The molecule has 0 bridgehead atoms. The Morgan fingerprint density at radius 3 is 2.71 bits per heavy atom. The quantitative estimate of drug-likeness (QED) is 0.688. The number of furan rings is 1. The number of carbonyl (C=O) groups is 1. The molecule has 1 fully saturated rings. The summed E-state index contributed by atoms with van der Waals surface area (Å²) in [6.07, 6.45) is 2.91. The van der Waals surface area contributed by atoms with Crippen LogP contribution in [0.3, 0.4) is 0 Å². The van der Waals surface area contributed by atoms with Crippen LogP contribution in [0, 0.1) is 6.92 Å². The van der Waals surface area contributed by atoms with Gasteiger partial charge in [0.1, 0.15) is 6.26 Å². The molecule has 0 aliphatic carbocycles. The second-order valence-corrected chi connectivity index (χ2v) is 3.27. The molecule has 1 aliphatic heterocycles. The van der Waals surface area contributed by atoms with Gasteiger partial charge in [-0.15, -0.1) is 0 Å². The van der Waals surface area contributed by atoms with E-state index in [0.29, 0.717) is 18.8 Å². The molecule has 1 aromatic rings. The number of hydrogen-bond donors (Lipinski definition) is 0. The van der Waals surface area contributed by atoms with Gasteiger partial charge in [0.05, 0.1) is 31.5 Å². The molecule has 0 aromatic carbocycles. The normalized spacial score (nSPS) is 17.5. The van der Waals surface area contributed by atoms with Gasteiger partial charge in [-0.05, 0) is 12.5 Å². The van der Waals surface area contributed by atoms with E-state index in [1.807, 2.05) is 6.92 Å². The maximum atomic E-state index is 11.7. The molecule has 0 atom stereocenters. The van der Waals surface area contributed by atoms with Gasteiger partial charge in [0, 0.05) is 0 Å². The lowest BCUT2D eigenvalue weighted by Crippen LogP contribution is -2.14. The summed E-state index contributed by atoms with van der Waals surface area (Å²) in [5.41, 5.74) is 1.47. The van der Waals surface area contributed by atoms with Crippen LogP contribution in [0.4, 0.5) is 0 Å². The maximum Gasteiger partial charge on any atom is 0.171 e. The third kappa shape index (κ3) is 1.86. The van der Waals surface area contributed by atoms with E-state index < -0.39 is 0 Å². The summed E-state index contributed by atoms with van der Waals surface area (Å²) in [5, 5.41) is 0. The molecule has 2 rings (SSSR count). The van der Waals surface area contributed by atoms with E-state index in [1.165, 1.54) is 6.26 Å². The summed E-state index contributed by atoms with van der Waals surface area (Å²) in [6.45, 7) is 2.98. The lowest BCUT2D eigenvalue weighted by atomic mass is 10.1. The maximum absolute atomic E-state index is 11.7. The number of rotatable bonds is 3. The van der Waals surface area contributed by atoms with E-state index in [-0.39, 0.29) is 18.5 Å². The van der Waals surface area contributed by atoms with Crippen LogP contribution in [0.2, 0.25) is 0 Å². The predicted octanol–water partition coefficient (Wildman–Crippen LogP) is 1.53. The molecule has 4 heteroatoms. The first kappa shape index (κ1) is 9.43. The molecule has 1 aromatic heterocycles. The lowest BCUT2D eigenvalue weighted by molar-refractivity contribution is -0.0407. The van der Waals surface area contributed by atoms with Crippen LogP contribution < -0.4 is 0 Å². The molecule has 0 unspecified atom stereocenters. The summed E-state index contributed by atoms with van der Waals surface area (Å²) in [6, 6.07) is 0. The minimum absolute atomic E-state index is 0.00292. The lowest BCUT2D eigenvalue weighted by Gasteiger charge is -2.06. The van der Waals surface area contributed by atoms with Crippen molar-refractivity contribution in [3.05, 3.63) is 23.7 Å². The van der Waals surface area contributed by atoms with Crippen LogP contribution in [0.15, 0.2) is 16.9 Å². The first-order chi connectivity index (χ1) is 6.77. The Morgan fingerprint density at radius 2 is 2.14 bits per heavy atom. The van der Waals surface area contributed by atoms with Gasteiger partial charge in [0.2, 0.25) is 0 Å². The molecule has 2 heterocycles. The van der Waals surface area contributed by atoms with Gasteiger partial charge in [-0.1, -0.05) is 0 Å². The van der Waals surface area contributed by atoms with E-state index in [2.05, 4.69) is 0 Å². The van der Waals surface area contributed by atoms with E-state index in [9.17, 15) is 4.79 Å². The average molecular weight is 196 g/mol. The Bertz CT molecular complexity index is 323. The summed E-state index contributed by atoms with van der Waals surface area (Å²) in [7, 11) is 0. The molecule has 1 aliphatic rings. The third-order valence-electron chi connectivity index (χ3n) is 2.20. The van der Waals surface area contributed by atoms with E-state index >= 15 is 0 Å². The molecule has 1 saturated heterocycles. The van der Waals surface area contributed by atoms with Gasteiger partial charge in [-0.25, -0.2) is 0 Å². The van der Waals surface area contributed by atoms with Crippen molar-refractivity contribution in [3.63, 3.8) is 0 Å². The average Bonchev–Trinajstić information content (AvgIpc) is 2.75. The molecule has 14 heavy (non-hydrogen) atoms. The van der Waals surface area contributed by atoms with E-state index in [0.717, 1.165) is 5.56 Å². The number of ketones is 1. The van der Waals surface area contributed by atoms with Crippen molar-refractivity contribution >= 4 is 5.78 Å². The van der Waals surface area contributed by atoms with Crippen molar-refractivity contribution in [1.82, 2.24) is 0 Å². The van der Waals surface area contributed by atoms with Gasteiger partial charge >= 0.3 is 0 Å². The van der Waals surface area contributed by atoms with Crippen molar-refractivity contribution < 1.29 is 18.7 Å². The predicted molar refractivity (Wildman–Crippen MR) is 48.1 cm³/mol. The first-order valence-electron chi connectivity index (χ1n) is 4.56. The van der Waals surface area contributed by atoms with E-state index in [4.69, 9.17) is 13.9 Å². The zero-order valence-electron chi connectivity index (χ0n) is 7.99. The zero-order chi connectivity index (χ0) is 9.97. The fourth-order valence-electron chi connectivity index (χ4n) is 1.43. The van der Waals surface area contributed by atoms with Crippen molar-refractivity contribution in [3.8, 4) is 0 Å². The van der Waals surface area contributed by atoms with Gasteiger partial charge in [-0.3, -0.25) is 4.79 Å². The Morgan fingerprint density at radius 1 is 1.43 bits per heavy atom. The van der Waals surface area contributed by atoms with Crippen molar-refractivity contribution in [1.29, 1.82) is 0 Å². The summed E-state index contributed by atoms with van der Waals surface area (Å²) in [5.74, 6) is 0.00292. The zero-order valence-corrected chi connectivity index (χ0v) is 7.99. The highest BCUT2D eigenvalue weighted by Gasteiger charge is 2.22. The highest BCUT2D eigenvalue weighted by molar-refractivity contribution is 5.97. The van der Waals surface area contributed by atoms with Gasteiger partial charge in [0.15, 0.2) is 12.1 Å². The molecule has 0 N–H and O–H groups in total. The fourth-order valence-corrected chi connectivity index (χ4v) is 1.43. The monoisotopic (exact) mass is 196 g/mol. The van der Waals surface area contributed by atoms with Gasteiger partial charge in [0.25, 0.3) is 0 Å². The number of ether oxygens (including phenoxy) is 2. The Hall–Kier alpha value is -1.13. The van der Waals surface area contributed by atoms with Crippen molar-refractivity contribution in [2.45, 2.75) is 19.6 Å². The van der Waals surface area contributed by atoms with Crippen molar-refractivity contribution in [2.75, 3.05) is 13.2 Å². The second kappa shape index (κ2) is 3.94. The number of hydrogen-bond acceptors (Lipinski definition) is 4. The highest BCUT2D eigenvalue weighted by atomic mass is 16.7. The Kier molecular flexibility index (Phi) is 2.65. The first-order valence-corrected chi connectivity index (χ1v) is 4.56. The highest BCUT2D eigenvalue weighted by Crippen LogP contribution is 2.16. The molecular weight excluding hydrogens is 184 g/mol. The molecular formula is C10H12O4. The largest absolute Gasteiger partial charge is 0.472 e. The van der Waals surface area contributed by atoms with Crippen LogP contribution in [-0.4, -0.2) is 25.3 Å². The standard InChI is InChI=1S/C10H12O4/c1-7-5-12-6-8(7)9(11)4-10-13-2-3-14-10/h5-6,10H,2-4H2,1H3.